The summed E-state index contributed by atoms with van der Waals surface area (Å²) in [6.45, 7) is 3.90. The standard InChI is InChI=1S/C19H21NO4/c1-12-9-14(5-4-8-21)10-13(2)18(12)24-15-6-7-17(23-3)16(11-15)19(20)22/h6-11H,4-5H2,1-3H3,(H2,20,22). The highest BCUT2D eigenvalue weighted by Crippen LogP contribution is 2.32. The largest absolute Gasteiger partial charge is 0.496 e. The lowest BCUT2D eigenvalue weighted by atomic mass is 10.0. The van der Waals surface area contributed by atoms with Gasteiger partial charge in [0.1, 0.15) is 23.5 Å². The smallest absolute Gasteiger partial charge is 0.252 e. The average molecular weight is 327 g/mol. The van der Waals surface area contributed by atoms with Crippen LogP contribution in [0.15, 0.2) is 30.3 Å². The summed E-state index contributed by atoms with van der Waals surface area (Å²) in [5.74, 6) is 1.07. The number of aryl methyl sites for hydroxylation is 3. The molecular weight excluding hydrogens is 306 g/mol. The van der Waals surface area contributed by atoms with Crippen molar-refractivity contribution >= 4 is 12.2 Å². The lowest BCUT2D eigenvalue weighted by molar-refractivity contribution is -0.107. The highest BCUT2D eigenvalue weighted by molar-refractivity contribution is 5.96. The number of hydrogen-bond acceptors (Lipinski definition) is 4. The van der Waals surface area contributed by atoms with E-state index in [0.29, 0.717) is 24.3 Å². The molecule has 0 unspecified atom stereocenters. The molecule has 5 nitrogen and oxygen atoms in total. The van der Waals surface area contributed by atoms with Gasteiger partial charge in [0, 0.05) is 6.42 Å². The number of hydrogen-bond donors (Lipinski definition) is 1. The Morgan fingerprint density at radius 1 is 1.17 bits per heavy atom. The first-order chi connectivity index (χ1) is 11.5. The monoisotopic (exact) mass is 327 g/mol. The van der Waals surface area contributed by atoms with Crippen LogP contribution in [-0.4, -0.2) is 19.3 Å². The SMILES string of the molecule is COc1ccc(Oc2c(C)cc(CCC=O)cc2C)cc1C(N)=O. The third-order valence-corrected chi connectivity index (χ3v) is 3.73. The van der Waals surface area contributed by atoms with Crippen molar-refractivity contribution in [3.63, 3.8) is 0 Å². The Morgan fingerprint density at radius 3 is 2.38 bits per heavy atom. The molecule has 126 valence electrons. The van der Waals surface area contributed by atoms with Gasteiger partial charge in [-0.25, -0.2) is 0 Å². The van der Waals surface area contributed by atoms with Gasteiger partial charge in [0.25, 0.3) is 5.91 Å². The van der Waals surface area contributed by atoms with Crippen molar-refractivity contribution in [2.75, 3.05) is 7.11 Å². The van der Waals surface area contributed by atoms with Crippen molar-refractivity contribution in [1.29, 1.82) is 0 Å². The second-order valence-corrected chi connectivity index (χ2v) is 5.59. The molecule has 0 heterocycles. The first-order valence-corrected chi connectivity index (χ1v) is 7.65. The van der Waals surface area contributed by atoms with Gasteiger partial charge in [0.2, 0.25) is 0 Å². The summed E-state index contributed by atoms with van der Waals surface area (Å²) >= 11 is 0. The van der Waals surface area contributed by atoms with Gasteiger partial charge in [0.05, 0.1) is 12.7 Å². The second-order valence-electron chi connectivity index (χ2n) is 5.59. The van der Waals surface area contributed by atoms with Gasteiger partial charge in [-0.15, -0.1) is 0 Å². The molecule has 1 amide bonds. The zero-order valence-corrected chi connectivity index (χ0v) is 14.1. The molecule has 0 aliphatic rings. The normalized spacial score (nSPS) is 10.3. The van der Waals surface area contributed by atoms with Crippen molar-refractivity contribution in [3.8, 4) is 17.2 Å². The van der Waals surface area contributed by atoms with Crippen LogP contribution in [-0.2, 0) is 11.2 Å². The van der Waals surface area contributed by atoms with Crippen molar-refractivity contribution in [2.24, 2.45) is 5.73 Å². The zero-order valence-electron chi connectivity index (χ0n) is 14.1. The fraction of sp³-hybridized carbons (Fsp3) is 0.263. The number of amides is 1. The molecule has 0 saturated carbocycles. The molecule has 0 aliphatic heterocycles. The van der Waals surface area contributed by atoms with Crippen molar-refractivity contribution in [3.05, 3.63) is 52.6 Å². The Morgan fingerprint density at radius 2 is 1.83 bits per heavy atom. The molecule has 2 aromatic carbocycles. The quantitative estimate of drug-likeness (QED) is 0.791. The summed E-state index contributed by atoms with van der Waals surface area (Å²) in [5.41, 5.74) is 8.67. The van der Waals surface area contributed by atoms with Crippen molar-refractivity contribution in [1.82, 2.24) is 0 Å². The van der Waals surface area contributed by atoms with Crippen LogP contribution in [0.3, 0.4) is 0 Å². The minimum Gasteiger partial charge on any atom is -0.496 e. The van der Waals surface area contributed by atoms with E-state index in [1.54, 1.807) is 18.2 Å². The number of nitrogens with two attached hydrogens (primary N) is 1. The van der Waals surface area contributed by atoms with Crippen LogP contribution in [0, 0.1) is 13.8 Å². The third kappa shape index (κ3) is 3.93. The van der Waals surface area contributed by atoms with E-state index in [-0.39, 0.29) is 5.56 Å². The molecule has 0 atom stereocenters. The molecule has 24 heavy (non-hydrogen) atoms. The first kappa shape index (κ1) is 17.5. The van der Waals surface area contributed by atoms with Gasteiger partial charge in [-0.2, -0.15) is 0 Å². The van der Waals surface area contributed by atoms with Crippen LogP contribution >= 0.6 is 0 Å². The minimum atomic E-state index is -0.574. The van der Waals surface area contributed by atoms with Gasteiger partial charge in [-0.05, 0) is 55.2 Å². The Balaban J connectivity index is 2.32. The highest BCUT2D eigenvalue weighted by atomic mass is 16.5. The number of aldehydes is 1. The van der Waals surface area contributed by atoms with Crippen LogP contribution < -0.4 is 15.2 Å². The molecule has 0 radical (unpaired) electrons. The van der Waals surface area contributed by atoms with Crippen LogP contribution in [0.2, 0.25) is 0 Å². The van der Waals surface area contributed by atoms with E-state index in [1.165, 1.54) is 7.11 Å². The summed E-state index contributed by atoms with van der Waals surface area (Å²) in [6, 6.07) is 8.96. The molecule has 0 saturated heterocycles. The fourth-order valence-electron chi connectivity index (χ4n) is 2.63. The number of carbonyl (C=O) groups excluding carboxylic acids is 2. The summed E-state index contributed by atoms with van der Waals surface area (Å²) < 4.78 is 11.1. The van der Waals surface area contributed by atoms with E-state index in [0.717, 1.165) is 28.7 Å². The predicted molar refractivity (Wildman–Crippen MR) is 91.9 cm³/mol. The van der Waals surface area contributed by atoms with Gasteiger partial charge in [-0.1, -0.05) is 12.1 Å². The summed E-state index contributed by atoms with van der Waals surface area (Å²) in [6.07, 6.45) is 2.12. The molecular formula is C19H21NO4. The molecule has 0 aliphatic carbocycles. The maximum Gasteiger partial charge on any atom is 0.252 e. The summed E-state index contributed by atoms with van der Waals surface area (Å²) in [5, 5.41) is 0. The topological polar surface area (TPSA) is 78.6 Å². The maximum atomic E-state index is 11.5. The summed E-state index contributed by atoms with van der Waals surface area (Å²) in [4.78, 5) is 22.0. The van der Waals surface area contributed by atoms with E-state index >= 15 is 0 Å². The van der Waals surface area contributed by atoms with Gasteiger partial charge in [-0.3, -0.25) is 4.79 Å². The number of rotatable bonds is 7. The molecule has 2 aromatic rings. The molecule has 2 rings (SSSR count). The highest BCUT2D eigenvalue weighted by Gasteiger charge is 2.13. The molecule has 5 heteroatoms. The van der Waals surface area contributed by atoms with Crippen LogP contribution in [0.5, 0.6) is 17.2 Å². The van der Waals surface area contributed by atoms with Gasteiger partial charge >= 0.3 is 0 Å². The molecule has 2 N–H and O–H groups in total. The Labute approximate surface area is 141 Å². The molecule has 0 fully saturated rings. The first-order valence-electron chi connectivity index (χ1n) is 7.65. The second kappa shape index (κ2) is 7.64. The summed E-state index contributed by atoms with van der Waals surface area (Å²) in [7, 11) is 1.48. The van der Waals surface area contributed by atoms with Crippen LogP contribution in [0.25, 0.3) is 0 Å². The predicted octanol–water partition coefficient (Wildman–Crippen LogP) is 3.33. The van der Waals surface area contributed by atoms with Gasteiger partial charge < -0.3 is 20.0 Å². The number of benzene rings is 2. The fourth-order valence-corrected chi connectivity index (χ4v) is 2.63. The van der Waals surface area contributed by atoms with E-state index in [2.05, 4.69) is 0 Å². The van der Waals surface area contributed by atoms with E-state index in [1.807, 2.05) is 26.0 Å². The molecule has 0 aromatic heterocycles. The number of methoxy groups -OCH3 is 1. The van der Waals surface area contributed by atoms with Crippen molar-refractivity contribution < 1.29 is 19.1 Å². The van der Waals surface area contributed by atoms with E-state index < -0.39 is 5.91 Å². The number of carbonyl (C=O) groups is 2. The number of ether oxygens (including phenoxy) is 2. The van der Waals surface area contributed by atoms with Crippen molar-refractivity contribution in [2.45, 2.75) is 26.7 Å². The lowest BCUT2D eigenvalue weighted by Gasteiger charge is -2.15. The maximum absolute atomic E-state index is 11.5. The Hall–Kier alpha value is -2.82. The Bertz CT molecular complexity index is 745. The van der Waals surface area contributed by atoms with E-state index in [4.69, 9.17) is 15.2 Å². The van der Waals surface area contributed by atoms with Gasteiger partial charge in [0.15, 0.2) is 0 Å². The minimum absolute atomic E-state index is 0.271. The lowest BCUT2D eigenvalue weighted by Crippen LogP contribution is -2.12. The third-order valence-electron chi connectivity index (χ3n) is 3.73. The molecule has 0 bridgehead atoms. The van der Waals surface area contributed by atoms with Crippen LogP contribution in [0.4, 0.5) is 0 Å². The zero-order chi connectivity index (χ0) is 17.7. The van der Waals surface area contributed by atoms with Crippen LogP contribution in [0.1, 0.15) is 33.5 Å². The Kier molecular flexibility index (Phi) is 5.58. The molecule has 0 spiro atoms. The van der Waals surface area contributed by atoms with E-state index in [9.17, 15) is 9.59 Å². The average Bonchev–Trinajstić information content (AvgIpc) is 2.56. The number of primary amides is 1.